The van der Waals surface area contributed by atoms with E-state index in [1.54, 1.807) is 6.07 Å². The molecule has 1 aliphatic rings. The molecule has 3 N–H and O–H groups in total. The predicted octanol–water partition coefficient (Wildman–Crippen LogP) is 2.72. The van der Waals surface area contributed by atoms with Crippen LogP contribution in [0.15, 0.2) is 22.7 Å². The number of benzene rings is 1. The number of nitrogens with two attached hydrogens (primary N) is 1. The molecule has 1 aromatic carbocycles. The number of rotatable bonds is 3. The summed E-state index contributed by atoms with van der Waals surface area (Å²) >= 11 is 3.35. The number of carbonyl (C=O) groups excluding carboxylic acids is 1. The molecule has 2 unspecified atom stereocenters. The predicted molar refractivity (Wildman–Crippen MR) is 75.9 cm³/mol. The van der Waals surface area contributed by atoms with Crippen LogP contribution in [0, 0.1) is 11.7 Å². The van der Waals surface area contributed by atoms with Crippen LogP contribution in [-0.4, -0.2) is 11.9 Å². The molecular weight excluding hydrogens is 311 g/mol. The van der Waals surface area contributed by atoms with E-state index in [1.165, 1.54) is 12.1 Å². The van der Waals surface area contributed by atoms with Gasteiger partial charge in [0.1, 0.15) is 5.82 Å². The van der Waals surface area contributed by atoms with Crippen LogP contribution >= 0.6 is 15.9 Å². The number of amides is 1. The van der Waals surface area contributed by atoms with Crippen molar-refractivity contribution in [1.29, 1.82) is 0 Å². The first kappa shape index (κ1) is 14.5. The van der Waals surface area contributed by atoms with Crippen LogP contribution in [0.1, 0.15) is 31.2 Å². The van der Waals surface area contributed by atoms with Gasteiger partial charge in [0.05, 0.1) is 5.92 Å². The molecule has 5 heteroatoms. The normalized spacial score (nSPS) is 23.1. The molecule has 0 saturated heterocycles. The van der Waals surface area contributed by atoms with Gasteiger partial charge in [-0.15, -0.1) is 0 Å². The van der Waals surface area contributed by atoms with Gasteiger partial charge in [-0.2, -0.15) is 0 Å². The Morgan fingerprint density at radius 2 is 2.16 bits per heavy atom. The van der Waals surface area contributed by atoms with Crippen LogP contribution in [0.3, 0.4) is 0 Å². The molecule has 1 amide bonds. The van der Waals surface area contributed by atoms with Crippen LogP contribution in [0.25, 0.3) is 0 Å². The van der Waals surface area contributed by atoms with Gasteiger partial charge in [0.15, 0.2) is 0 Å². The smallest absolute Gasteiger partial charge is 0.224 e. The Morgan fingerprint density at radius 3 is 2.89 bits per heavy atom. The Morgan fingerprint density at radius 1 is 1.42 bits per heavy atom. The lowest BCUT2D eigenvalue weighted by Gasteiger charge is -2.27. The third-order valence-electron chi connectivity index (χ3n) is 3.62. The molecule has 0 bridgehead atoms. The minimum Gasteiger partial charge on any atom is -0.352 e. The molecule has 0 heterocycles. The SMILES string of the molecule is NC1CCCCC1C(=O)NCc1cc(F)ccc1Br. The molecule has 19 heavy (non-hydrogen) atoms. The first-order chi connectivity index (χ1) is 9.08. The van der Waals surface area contributed by atoms with Crippen molar-refractivity contribution < 1.29 is 9.18 Å². The van der Waals surface area contributed by atoms with Gasteiger partial charge in [-0.25, -0.2) is 4.39 Å². The fourth-order valence-corrected chi connectivity index (χ4v) is 2.86. The Kier molecular flexibility index (Phi) is 4.93. The molecule has 1 fully saturated rings. The summed E-state index contributed by atoms with van der Waals surface area (Å²) in [7, 11) is 0. The van der Waals surface area contributed by atoms with Crippen LogP contribution < -0.4 is 11.1 Å². The van der Waals surface area contributed by atoms with Crippen LogP contribution in [0.2, 0.25) is 0 Å². The van der Waals surface area contributed by atoms with Crippen molar-refractivity contribution in [3.05, 3.63) is 34.1 Å². The second kappa shape index (κ2) is 6.48. The summed E-state index contributed by atoms with van der Waals surface area (Å²) in [6.07, 6.45) is 3.90. The number of nitrogens with one attached hydrogen (secondary N) is 1. The summed E-state index contributed by atoms with van der Waals surface area (Å²) in [5, 5.41) is 2.85. The highest BCUT2D eigenvalue weighted by Crippen LogP contribution is 2.23. The van der Waals surface area contributed by atoms with Crippen LogP contribution in [0.5, 0.6) is 0 Å². The van der Waals surface area contributed by atoms with Gasteiger partial charge in [0.2, 0.25) is 5.91 Å². The Bertz CT molecular complexity index is 467. The van der Waals surface area contributed by atoms with E-state index in [2.05, 4.69) is 21.2 Å². The van der Waals surface area contributed by atoms with Gasteiger partial charge in [-0.3, -0.25) is 4.79 Å². The third kappa shape index (κ3) is 3.76. The molecule has 0 radical (unpaired) electrons. The molecule has 0 aliphatic heterocycles. The molecule has 1 saturated carbocycles. The minimum absolute atomic E-state index is 0.0247. The maximum Gasteiger partial charge on any atom is 0.224 e. The molecule has 1 aliphatic carbocycles. The lowest BCUT2D eigenvalue weighted by Crippen LogP contribution is -2.43. The maximum absolute atomic E-state index is 13.1. The molecule has 2 atom stereocenters. The van der Waals surface area contributed by atoms with Gasteiger partial charge in [-0.05, 0) is 36.6 Å². The van der Waals surface area contributed by atoms with Gasteiger partial charge in [-0.1, -0.05) is 28.8 Å². The van der Waals surface area contributed by atoms with Crippen LogP contribution in [0.4, 0.5) is 4.39 Å². The zero-order chi connectivity index (χ0) is 13.8. The highest BCUT2D eigenvalue weighted by molar-refractivity contribution is 9.10. The van der Waals surface area contributed by atoms with E-state index in [0.29, 0.717) is 6.54 Å². The summed E-state index contributed by atoms with van der Waals surface area (Å²) in [5.41, 5.74) is 6.71. The Hall–Kier alpha value is -0.940. The molecule has 3 nitrogen and oxygen atoms in total. The van der Waals surface area contributed by atoms with E-state index in [1.807, 2.05) is 0 Å². The molecule has 0 spiro atoms. The highest BCUT2D eigenvalue weighted by Gasteiger charge is 2.27. The zero-order valence-electron chi connectivity index (χ0n) is 10.7. The summed E-state index contributed by atoms with van der Waals surface area (Å²) < 4.78 is 13.9. The molecular formula is C14H18BrFN2O. The largest absolute Gasteiger partial charge is 0.352 e. The van der Waals surface area contributed by atoms with Gasteiger partial charge < -0.3 is 11.1 Å². The quantitative estimate of drug-likeness (QED) is 0.896. The maximum atomic E-state index is 13.1. The fourth-order valence-electron chi connectivity index (χ4n) is 2.48. The van der Waals surface area contributed by atoms with E-state index >= 15 is 0 Å². The standard InChI is InChI=1S/C14H18BrFN2O/c15-12-6-5-10(16)7-9(12)8-18-14(19)11-3-1-2-4-13(11)17/h5-7,11,13H,1-4,8,17H2,(H,18,19). The van der Waals surface area contributed by atoms with E-state index in [4.69, 9.17) is 5.73 Å². The van der Waals surface area contributed by atoms with Crippen molar-refractivity contribution >= 4 is 21.8 Å². The van der Waals surface area contributed by atoms with Crippen molar-refractivity contribution in [1.82, 2.24) is 5.32 Å². The second-order valence-electron chi connectivity index (χ2n) is 5.01. The molecule has 104 valence electrons. The highest BCUT2D eigenvalue weighted by atomic mass is 79.9. The average Bonchev–Trinajstić information content (AvgIpc) is 2.40. The topological polar surface area (TPSA) is 55.1 Å². The molecule has 0 aromatic heterocycles. The average molecular weight is 329 g/mol. The summed E-state index contributed by atoms with van der Waals surface area (Å²) in [5.74, 6) is -0.439. The lowest BCUT2D eigenvalue weighted by molar-refractivity contribution is -0.126. The lowest BCUT2D eigenvalue weighted by atomic mass is 9.84. The van der Waals surface area contributed by atoms with Gasteiger partial charge >= 0.3 is 0 Å². The van der Waals surface area contributed by atoms with E-state index in [9.17, 15) is 9.18 Å². The zero-order valence-corrected chi connectivity index (χ0v) is 12.2. The third-order valence-corrected chi connectivity index (χ3v) is 4.39. The number of halogens is 2. The minimum atomic E-state index is -0.304. The van der Waals surface area contributed by atoms with Crippen molar-refractivity contribution in [2.45, 2.75) is 38.3 Å². The second-order valence-corrected chi connectivity index (χ2v) is 5.86. The molecule has 1 aromatic rings. The van der Waals surface area contributed by atoms with E-state index < -0.39 is 0 Å². The van der Waals surface area contributed by atoms with Crippen molar-refractivity contribution in [3.8, 4) is 0 Å². The number of hydrogen-bond acceptors (Lipinski definition) is 2. The van der Waals surface area contributed by atoms with Crippen molar-refractivity contribution in [3.63, 3.8) is 0 Å². The summed E-state index contributed by atoms with van der Waals surface area (Å²) in [6.45, 7) is 0.320. The first-order valence-electron chi connectivity index (χ1n) is 6.55. The monoisotopic (exact) mass is 328 g/mol. The van der Waals surface area contributed by atoms with E-state index in [-0.39, 0.29) is 23.7 Å². The van der Waals surface area contributed by atoms with Crippen LogP contribution in [-0.2, 0) is 11.3 Å². The first-order valence-corrected chi connectivity index (χ1v) is 7.34. The number of carbonyl (C=O) groups is 1. The van der Waals surface area contributed by atoms with Gasteiger partial charge in [0, 0.05) is 17.1 Å². The number of hydrogen-bond donors (Lipinski definition) is 2. The summed E-state index contributed by atoms with van der Waals surface area (Å²) in [4.78, 5) is 12.1. The van der Waals surface area contributed by atoms with Gasteiger partial charge in [0.25, 0.3) is 0 Å². The fraction of sp³-hybridized carbons (Fsp3) is 0.500. The molecule has 2 rings (SSSR count). The van der Waals surface area contributed by atoms with Crippen molar-refractivity contribution in [2.75, 3.05) is 0 Å². The Balaban J connectivity index is 1.94. The van der Waals surface area contributed by atoms with Crippen molar-refractivity contribution in [2.24, 2.45) is 11.7 Å². The Labute approximate surface area is 120 Å². The summed E-state index contributed by atoms with van der Waals surface area (Å²) in [6, 6.07) is 4.39. The van der Waals surface area contributed by atoms with E-state index in [0.717, 1.165) is 35.7 Å².